The summed E-state index contributed by atoms with van der Waals surface area (Å²) in [5.41, 5.74) is 2.02. The molecule has 2 aromatic heterocycles. The van der Waals surface area contributed by atoms with Crippen LogP contribution >= 0.6 is 11.6 Å². The highest BCUT2D eigenvalue weighted by Gasteiger charge is 2.12. The molecular formula is C11H14ClN3O. The number of rotatable bonds is 4. The summed E-state index contributed by atoms with van der Waals surface area (Å²) in [6, 6.07) is 2.03. The van der Waals surface area contributed by atoms with Crippen LogP contribution in [0.3, 0.4) is 0 Å². The zero-order chi connectivity index (χ0) is 11.5. The Bertz CT molecular complexity index is 475. The molecule has 0 spiro atoms. The molecule has 0 radical (unpaired) electrons. The third-order valence-corrected chi connectivity index (χ3v) is 2.64. The Hall–Kier alpha value is -1.29. The van der Waals surface area contributed by atoms with Crippen molar-refractivity contribution in [3.8, 4) is 11.5 Å². The predicted octanol–water partition coefficient (Wildman–Crippen LogP) is 2.86. The summed E-state index contributed by atoms with van der Waals surface area (Å²) in [6.07, 6.45) is 2.61. The van der Waals surface area contributed by atoms with Crippen molar-refractivity contribution in [3.63, 3.8) is 0 Å². The lowest BCUT2D eigenvalue weighted by Crippen LogP contribution is -1.98. The fourth-order valence-corrected chi connectivity index (χ4v) is 1.70. The van der Waals surface area contributed by atoms with Crippen molar-refractivity contribution in [2.24, 2.45) is 0 Å². The topological polar surface area (TPSA) is 43.9 Å². The number of hydrogen-bond donors (Lipinski definition) is 0. The Kier molecular flexibility index (Phi) is 3.29. The molecule has 0 aliphatic rings. The second-order valence-electron chi connectivity index (χ2n) is 3.44. The predicted molar refractivity (Wildman–Crippen MR) is 62.3 cm³/mol. The summed E-state index contributed by atoms with van der Waals surface area (Å²) in [7, 11) is 0. The zero-order valence-corrected chi connectivity index (χ0v) is 10.2. The first-order valence-electron chi connectivity index (χ1n) is 5.36. The van der Waals surface area contributed by atoms with Crippen LogP contribution in [0.2, 0.25) is 0 Å². The summed E-state index contributed by atoms with van der Waals surface area (Å²) >= 11 is 5.66. The minimum Gasteiger partial charge on any atom is -0.438 e. The van der Waals surface area contributed by atoms with Crippen molar-refractivity contribution in [3.05, 3.63) is 23.8 Å². The molecular weight excluding hydrogens is 226 g/mol. The summed E-state index contributed by atoms with van der Waals surface area (Å²) in [6.45, 7) is 4.94. The van der Waals surface area contributed by atoms with E-state index in [2.05, 4.69) is 23.9 Å². The largest absolute Gasteiger partial charge is 0.438 e. The van der Waals surface area contributed by atoms with Gasteiger partial charge >= 0.3 is 0 Å². The fourth-order valence-electron chi connectivity index (χ4n) is 1.57. The molecule has 0 aliphatic heterocycles. The number of hydrogen-bond acceptors (Lipinski definition) is 3. The van der Waals surface area contributed by atoms with Crippen molar-refractivity contribution < 1.29 is 4.42 Å². The van der Waals surface area contributed by atoms with E-state index in [-0.39, 0.29) is 0 Å². The van der Waals surface area contributed by atoms with Crippen molar-refractivity contribution in [1.29, 1.82) is 0 Å². The van der Waals surface area contributed by atoms with E-state index in [0.29, 0.717) is 11.8 Å². The van der Waals surface area contributed by atoms with Gasteiger partial charge in [0.1, 0.15) is 5.69 Å². The maximum atomic E-state index is 5.66. The lowest BCUT2D eigenvalue weighted by molar-refractivity contribution is 0.519. The number of oxazole rings is 1. The van der Waals surface area contributed by atoms with Gasteiger partial charge in [0.05, 0.1) is 17.8 Å². The molecule has 0 fully saturated rings. The third-order valence-electron chi connectivity index (χ3n) is 2.41. The second-order valence-corrected chi connectivity index (χ2v) is 3.71. The first kappa shape index (κ1) is 11.2. The molecule has 0 aromatic carbocycles. The molecule has 2 aromatic rings. The Morgan fingerprint density at radius 2 is 2.25 bits per heavy atom. The first-order valence-corrected chi connectivity index (χ1v) is 5.89. The molecule has 0 bridgehead atoms. The smallest absolute Gasteiger partial charge is 0.209 e. The normalized spacial score (nSPS) is 10.9. The summed E-state index contributed by atoms with van der Waals surface area (Å²) in [5.74, 6) is 1.56. The molecule has 16 heavy (non-hydrogen) atoms. The number of aryl methyl sites for hydroxylation is 2. The van der Waals surface area contributed by atoms with Gasteiger partial charge in [-0.2, -0.15) is 5.10 Å². The molecule has 0 saturated carbocycles. The van der Waals surface area contributed by atoms with Crippen LogP contribution in [-0.2, 0) is 18.8 Å². The van der Waals surface area contributed by atoms with Gasteiger partial charge in [0.15, 0.2) is 5.76 Å². The molecule has 0 N–H and O–H groups in total. The van der Waals surface area contributed by atoms with Crippen LogP contribution in [0.4, 0.5) is 0 Å². The minimum absolute atomic E-state index is 0.293. The number of aromatic nitrogens is 3. The van der Waals surface area contributed by atoms with Crippen LogP contribution in [0.1, 0.15) is 25.4 Å². The molecule has 2 heterocycles. The van der Waals surface area contributed by atoms with Crippen LogP contribution < -0.4 is 0 Å². The van der Waals surface area contributed by atoms with Crippen LogP contribution in [0.5, 0.6) is 0 Å². The molecule has 2 rings (SSSR count). The molecule has 0 aliphatic carbocycles. The van der Waals surface area contributed by atoms with E-state index in [4.69, 9.17) is 16.0 Å². The number of nitrogens with zero attached hydrogens (tertiary/aromatic N) is 3. The Morgan fingerprint density at radius 1 is 1.44 bits per heavy atom. The van der Waals surface area contributed by atoms with Gasteiger partial charge < -0.3 is 4.42 Å². The van der Waals surface area contributed by atoms with Gasteiger partial charge in [-0.3, -0.25) is 4.68 Å². The molecule has 5 heteroatoms. The average molecular weight is 240 g/mol. The first-order chi connectivity index (χ1) is 7.78. The van der Waals surface area contributed by atoms with Crippen molar-refractivity contribution >= 4 is 11.6 Å². The monoisotopic (exact) mass is 239 g/mol. The Labute approximate surface area is 99.2 Å². The zero-order valence-electron chi connectivity index (χ0n) is 9.40. The summed E-state index contributed by atoms with van der Waals surface area (Å²) < 4.78 is 7.43. The molecule has 0 atom stereocenters. The van der Waals surface area contributed by atoms with Gasteiger partial charge in [-0.05, 0) is 19.4 Å². The number of halogens is 1. The highest BCUT2D eigenvalue weighted by atomic mass is 35.5. The lowest BCUT2D eigenvalue weighted by Gasteiger charge is -1.99. The second kappa shape index (κ2) is 4.70. The number of alkyl halides is 1. The quantitative estimate of drug-likeness (QED) is 0.771. The Morgan fingerprint density at radius 3 is 2.81 bits per heavy atom. The highest BCUT2D eigenvalue weighted by molar-refractivity contribution is 6.16. The van der Waals surface area contributed by atoms with Crippen LogP contribution in [0.25, 0.3) is 11.5 Å². The van der Waals surface area contributed by atoms with E-state index in [1.807, 2.05) is 10.7 Å². The van der Waals surface area contributed by atoms with Crippen molar-refractivity contribution in [2.45, 2.75) is 32.7 Å². The summed E-state index contributed by atoms with van der Waals surface area (Å²) in [4.78, 5) is 4.08. The molecule has 4 nitrogen and oxygen atoms in total. The van der Waals surface area contributed by atoms with Crippen LogP contribution in [0.15, 0.2) is 16.7 Å². The van der Waals surface area contributed by atoms with Gasteiger partial charge in [-0.15, -0.1) is 11.6 Å². The lowest BCUT2D eigenvalue weighted by atomic mass is 10.3. The van der Waals surface area contributed by atoms with Gasteiger partial charge in [0.2, 0.25) is 5.89 Å². The molecule has 0 saturated heterocycles. The van der Waals surface area contributed by atoms with E-state index in [0.717, 1.165) is 30.1 Å². The SMILES string of the molecule is CCc1cc(-c2cnc(CCl)o2)n(CC)n1. The fraction of sp³-hybridized carbons (Fsp3) is 0.455. The van der Waals surface area contributed by atoms with Gasteiger partial charge in [0, 0.05) is 6.54 Å². The van der Waals surface area contributed by atoms with Gasteiger partial charge in [0.25, 0.3) is 0 Å². The van der Waals surface area contributed by atoms with Crippen molar-refractivity contribution in [1.82, 2.24) is 14.8 Å². The molecule has 0 amide bonds. The molecule has 86 valence electrons. The maximum Gasteiger partial charge on any atom is 0.209 e. The minimum atomic E-state index is 0.293. The van der Waals surface area contributed by atoms with E-state index in [9.17, 15) is 0 Å². The van der Waals surface area contributed by atoms with E-state index in [1.54, 1.807) is 6.20 Å². The maximum absolute atomic E-state index is 5.66. The highest BCUT2D eigenvalue weighted by Crippen LogP contribution is 2.22. The average Bonchev–Trinajstić information content (AvgIpc) is 2.94. The van der Waals surface area contributed by atoms with Crippen molar-refractivity contribution in [2.75, 3.05) is 0 Å². The van der Waals surface area contributed by atoms with Crippen LogP contribution in [-0.4, -0.2) is 14.8 Å². The summed E-state index contributed by atoms with van der Waals surface area (Å²) in [5, 5.41) is 4.45. The van der Waals surface area contributed by atoms with E-state index >= 15 is 0 Å². The Balaban J connectivity index is 2.41. The standard InChI is InChI=1S/C11H14ClN3O/c1-3-8-5-9(15(4-2)14-8)10-7-13-11(6-12)16-10/h5,7H,3-4,6H2,1-2H3. The van der Waals surface area contributed by atoms with Crippen LogP contribution in [0, 0.1) is 0 Å². The van der Waals surface area contributed by atoms with E-state index < -0.39 is 0 Å². The third kappa shape index (κ3) is 1.97. The molecule has 0 unspecified atom stereocenters. The van der Waals surface area contributed by atoms with Gasteiger partial charge in [-0.1, -0.05) is 6.92 Å². The van der Waals surface area contributed by atoms with E-state index in [1.165, 1.54) is 0 Å². The van der Waals surface area contributed by atoms with Gasteiger partial charge in [-0.25, -0.2) is 4.98 Å².